The first-order chi connectivity index (χ1) is 12.0. The molecule has 1 unspecified atom stereocenters. The Morgan fingerprint density at radius 1 is 1.16 bits per heavy atom. The Morgan fingerprint density at radius 2 is 1.92 bits per heavy atom. The van der Waals surface area contributed by atoms with Crippen molar-refractivity contribution in [2.24, 2.45) is 0 Å². The number of hydrazine groups is 1. The van der Waals surface area contributed by atoms with Gasteiger partial charge in [0.1, 0.15) is 5.75 Å². The van der Waals surface area contributed by atoms with E-state index in [1.165, 1.54) is 11.3 Å². The molecule has 2 aromatic carbocycles. The Balaban J connectivity index is 1.75. The summed E-state index contributed by atoms with van der Waals surface area (Å²) in [5, 5.41) is 3.26. The molecular formula is C17H20N3O3PS. The van der Waals surface area contributed by atoms with Crippen molar-refractivity contribution in [1.82, 2.24) is 10.2 Å². The molecule has 3 rings (SSSR count). The monoisotopic (exact) mass is 377 g/mol. The van der Waals surface area contributed by atoms with E-state index in [0.29, 0.717) is 10.9 Å². The number of anilines is 1. The van der Waals surface area contributed by atoms with E-state index < -0.39 is 7.75 Å². The first-order valence-electron chi connectivity index (χ1n) is 7.89. The summed E-state index contributed by atoms with van der Waals surface area (Å²) in [6.45, 7) is 5.98. The Labute approximate surface area is 150 Å². The minimum absolute atomic E-state index is 0.247. The van der Waals surface area contributed by atoms with Crippen molar-refractivity contribution in [3.05, 3.63) is 53.6 Å². The molecule has 0 radical (unpaired) electrons. The highest BCUT2D eigenvalue weighted by molar-refractivity contribution is 7.52. The zero-order valence-electron chi connectivity index (χ0n) is 14.3. The van der Waals surface area contributed by atoms with E-state index in [4.69, 9.17) is 9.05 Å². The van der Waals surface area contributed by atoms with Crippen LogP contribution in [0.4, 0.5) is 5.13 Å². The second-order valence-electron chi connectivity index (χ2n) is 5.50. The number of nitrogens with zero attached hydrogens (tertiary/aromatic N) is 1. The van der Waals surface area contributed by atoms with Crippen LogP contribution in [-0.4, -0.2) is 11.6 Å². The maximum absolute atomic E-state index is 12.9. The lowest BCUT2D eigenvalue weighted by Gasteiger charge is -2.19. The van der Waals surface area contributed by atoms with Gasteiger partial charge in [0.05, 0.1) is 16.8 Å². The van der Waals surface area contributed by atoms with Gasteiger partial charge in [-0.1, -0.05) is 41.2 Å². The summed E-state index contributed by atoms with van der Waals surface area (Å²) in [5.41, 5.74) is 5.96. The third kappa shape index (κ3) is 4.38. The molecule has 1 heterocycles. The highest BCUT2D eigenvalue weighted by Crippen LogP contribution is 2.44. The van der Waals surface area contributed by atoms with Crippen LogP contribution in [0, 0.1) is 13.8 Å². The largest absolute Gasteiger partial charge is 0.476 e. The van der Waals surface area contributed by atoms with E-state index in [0.717, 1.165) is 21.3 Å². The fourth-order valence-corrected chi connectivity index (χ4v) is 4.36. The van der Waals surface area contributed by atoms with Crippen LogP contribution in [0.15, 0.2) is 42.5 Å². The number of fused-ring (bicyclic) bond motifs is 1. The molecule has 0 amide bonds. The van der Waals surface area contributed by atoms with E-state index in [-0.39, 0.29) is 6.61 Å². The van der Waals surface area contributed by atoms with Crippen LogP contribution in [0.1, 0.15) is 18.1 Å². The number of para-hydroxylation sites is 1. The lowest BCUT2D eigenvalue weighted by Crippen LogP contribution is -2.22. The molecule has 0 spiro atoms. The lowest BCUT2D eigenvalue weighted by atomic mass is 10.2. The average molecular weight is 377 g/mol. The second kappa shape index (κ2) is 7.54. The number of benzene rings is 2. The SMILES string of the molecule is CCOP(=O)(NNc1nc2c(C)cccc2s1)Oc1ccc(C)cc1. The molecule has 0 aliphatic heterocycles. The Kier molecular flexibility index (Phi) is 5.39. The van der Waals surface area contributed by atoms with E-state index in [2.05, 4.69) is 15.6 Å². The van der Waals surface area contributed by atoms with Gasteiger partial charge in [0.15, 0.2) is 5.13 Å². The van der Waals surface area contributed by atoms with Crippen molar-refractivity contribution >= 4 is 34.4 Å². The van der Waals surface area contributed by atoms with Gasteiger partial charge in [-0.15, -0.1) is 5.20 Å². The van der Waals surface area contributed by atoms with Crippen LogP contribution in [0.5, 0.6) is 5.75 Å². The van der Waals surface area contributed by atoms with Crippen molar-refractivity contribution < 1.29 is 13.6 Å². The predicted molar refractivity (Wildman–Crippen MR) is 102 cm³/mol. The maximum Gasteiger partial charge on any atom is 0.476 e. The van der Waals surface area contributed by atoms with Gasteiger partial charge in [0.2, 0.25) is 0 Å². The number of hydrogen-bond acceptors (Lipinski definition) is 6. The van der Waals surface area contributed by atoms with Gasteiger partial charge in [0, 0.05) is 0 Å². The fourth-order valence-electron chi connectivity index (χ4n) is 2.25. The maximum atomic E-state index is 12.9. The molecule has 0 fully saturated rings. The Bertz CT molecular complexity index is 911. The molecule has 0 aliphatic rings. The number of aryl methyl sites for hydroxylation is 2. The van der Waals surface area contributed by atoms with E-state index in [1.807, 2.05) is 44.2 Å². The normalized spacial score (nSPS) is 13.6. The molecule has 2 N–H and O–H groups in total. The molecule has 0 saturated carbocycles. The molecule has 0 aliphatic carbocycles. The minimum atomic E-state index is -3.57. The third-order valence-corrected chi connectivity index (χ3v) is 5.84. The quantitative estimate of drug-likeness (QED) is 0.443. The topological polar surface area (TPSA) is 72.5 Å². The average Bonchev–Trinajstić information content (AvgIpc) is 3.00. The van der Waals surface area contributed by atoms with E-state index in [1.54, 1.807) is 19.1 Å². The summed E-state index contributed by atoms with van der Waals surface area (Å²) in [7, 11) is -3.57. The fraction of sp³-hybridized carbons (Fsp3) is 0.235. The van der Waals surface area contributed by atoms with Crippen LogP contribution in [-0.2, 0) is 9.09 Å². The number of aromatic nitrogens is 1. The number of hydrogen-bond donors (Lipinski definition) is 2. The molecule has 1 atom stereocenters. The molecule has 1 aromatic heterocycles. The molecular weight excluding hydrogens is 357 g/mol. The van der Waals surface area contributed by atoms with E-state index in [9.17, 15) is 4.57 Å². The van der Waals surface area contributed by atoms with Crippen LogP contribution in [0.25, 0.3) is 10.2 Å². The molecule has 132 valence electrons. The van der Waals surface area contributed by atoms with Crippen LogP contribution in [0.2, 0.25) is 0 Å². The molecule has 3 aromatic rings. The molecule has 25 heavy (non-hydrogen) atoms. The molecule has 6 nitrogen and oxygen atoms in total. The lowest BCUT2D eigenvalue weighted by molar-refractivity contribution is 0.271. The van der Waals surface area contributed by atoms with Crippen molar-refractivity contribution in [3.63, 3.8) is 0 Å². The molecule has 8 heteroatoms. The highest BCUT2D eigenvalue weighted by atomic mass is 32.1. The summed E-state index contributed by atoms with van der Waals surface area (Å²) in [6.07, 6.45) is 0. The number of nitrogens with one attached hydrogen (secondary N) is 2. The third-order valence-electron chi connectivity index (χ3n) is 3.47. The molecule has 0 saturated heterocycles. The van der Waals surface area contributed by atoms with Crippen molar-refractivity contribution in [2.45, 2.75) is 20.8 Å². The standard InChI is InChI=1S/C17H20N3O3PS/c1-4-22-24(21,23-14-10-8-12(2)9-11-14)20-19-17-18-16-13(3)6-5-7-15(16)25-17/h5-11H,4H2,1-3H3,(H,18,19)(H,20,21). The number of thiazole rings is 1. The Morgan fingerprint density at radius 3 is 2.60 bits per heavy atom. The van der Waals surface area contributed by atoms with Crippen molar-refractivity contribution in [2.75, 3.05) is 12.0 Å². The summed E-state index contributed by atoms with van der Waals surface area (Å²) >= 11 is 1.46. The van der Waals surface area contributed by atoms with Gasteiger partial charge >= 0.3 is 7.75 Å². The van der Waals surface area contributed by atoms with Crippen molar-refractivity contribution in [1.29, 1.82) is 0 Å². The second-order valence-corrected chi connectivity index (χ2v) is 8.19. The first kappa shape index (κ1) is 17.9. The Hall–Kier alpha value is -1.92. The van der Waals surface area contributed by atoms with Gasteiger partial charge in [0.25, 0.3) is 0 Å². The van der Waals surface area contributed by atoms with Gasteiger partial charge < -0.3 is 4.52 Å². The summed E-state index contributed by atoms with van der Waals surface area (Å²) in [4.78, 5) is 4.51. The highest BCUT2D eigenvalue weighted by Gasteiger charge is 2.26. The van der Waals surface area contributed by atoms with Crippen LogP contribution >= 0.6 is 19.1 Å². The van der Waals surface area contributed by atoms with Crippen LogP contribution < -0.4 is 15.1 Å². The van der Waals surface area contributed by atoms with Gasteiger partial charge in [-0.3, -0.25) is 9.95 Å². The van der Waals surface area contributed by atoms with Gasteiger partial charge in [-0.05, 0) is 44.5 Å². The zero-order chi connectivity index (χ0) is 17.9. The minimum Gasteiger partial charge on any atom is -0.412 e. The van der Waals surface area contributed by atoms with Crippen LogP contribution in [0.3, 0.4) is 0 Å². The predicted octanol–water partition coefficient (Wildman–Crippen LogP) is 5.05. The van der Waals surface area contributed by atoms with Gasteiger partial charge in [-0.2, -0.15) is 0 Å². The van der Waals surface area contributed by atoms with Gasteiger partial charge in [-0.25, -0.2) is 9.55 Å². The smallest absolute Gasteiger partial charge is 0.412 e. The summed E-state index contributed by atoms with van der Waals surface area (Å²) in [6, 6.07) is 13.3. The zero-order valence-corrected chi connectivity index (χ0v) is 16.0. The van der Waals surface area contributed by atoms with E-state index >= 15 is 0 Å². The molecule has 0 bridgehead atoms. The number of rotatable bonds is 7. The summed E-state index contributed by atoms with van der Waals surface area (Å²) < 4.78 is 24.8. The van der Waals surface area contributed by atoms with Crippen molar-refractivity contribution in [3.8, 4) is 5.75 Å². The first-order valence-corrected chi connectivity index (χ1v) is 10.3. The summed E-state index contributed by atoms with van der Waals surface area (Å²) in [5.74, 6) is 0.469.